The second-order valence-corrected chi connectivity index (χ2v) is 7.30. The van der Waals surface area contributed by atoms with E-state index in [-0.39, 0.29) is 0 Å². The van der Waals surface area contributed by atoms with Crippen LogP contribution in [0.15, 0.2) is 0 Å². The Balaban J connectivity index is 1.52. The lowest BCUT2D eigenvalue weighted by Crippen LogP contribution is -2.52. The first-order valence-electron chi connectivity index (χ1n) is 8.08. The number of piperidine rings is 1. The van der Waals surface area contributed by atoms with Gasteiger partial charge in [-0.2, -0.15) is 0 Å². The van der Waals surface area contributed by atoms with Crippen molar-refractivity contribution in [2.75, 3.05) is 0 Å². The van der Waals surface area contributed by atoms with E-state index in [0.717, 1.165) is 30.7 Å². The Kier molecular flexibility index (Phi) is 2.76. The van der Waals surface area contributed by atoms with Gasteiger partial charge in [-0.15, -0.1) is 0 Å². The van der Waals surface area contributed by atoms with Crippen molar-refractivity contribution in [2.24, 2.45) is 11.8 Å². The molecule has 2 heteroatoms. The largest absolute Gasteiger partial charge is 0.300 e. The Bertz CT molecular complexity index is 325. The number of hydrogen-bond acceptors (Lipinski definition) is 2. The molecule has 5 atom stereocenters. The Labute approximate surface area is 110 Å². The minimum Gasteiger partial charge on any atom is -0.300 e. The number of carbonyl (C=O) groups excluding carboxylic acids is 1. The van der Waals surface area contributed by atoms with Crippen LogP contribution in [0.2, 0.25) is 0 Å². The van der Waals surface area contributed by atoms with Gasteiger partial charge in [0.25, 0.3) is 0 Å². The fourth-order valence-corrected chi connectivity index (χ4v) is 5.54. The molecule has 100 valence electrons. The topological polar surface area (TPSA) is 20.3 Å². The van der Waals surface area contributed by atoms with Crippen LogP contribution in [0.1, 0.15) is 64.2 Å². The number of fused-ring (bicyclic) bond motifs is 4. The summed E-state index contributed by atoms with van der Waals surface area (Å²) in [5.41, 5.74) is 0. The van der Waals surface area contributed by atoms with Crippen molar-refractivity contribution in [1.29, 1.82) is 0 Å². The van der Waals surface area contributed by atoms with E-state index in [1.807, 2.05) is 0 Å². The summed E-state index contributed by atoms with van der Waals surface area (Å²) in [5.74, 6) is 2.56. The number of ketones is 1. The summed E-state index contributed by atoms with van der Waals surface area (Å²) in [6.07, 6.45) is 13.2. The molecule has 18 heavy (non-hydrogen) atoms. The van der Waals surface area contributed by atoms with E-state index < -0.39 is 0 Å². The van der Waals surface area contributed by atoms with Crippen LogP contribution in [0.5, 0.6) is 0 Å². The molecule has 0 radical (unpaired) electrons. The molecule has 0 aromatic rings. The first-order valence-corrected chi connectivity index (χ1v) is 8.08. The van der Waals surface area contributed by atoms with Gasteiger partial charge in [0.2, 0.25) is 0 Å². The molecule has 2 nitrogen and oxygen atoms in total. The van der Waals surface area contributed by atoms with Crippen LogP contribution in [0.4, 0.5) is 0 Å². The number of hydrogen-bond donors (Lipinski definition) is 0. The van der Waals surface area contributed by atoms with Gasteiger partial charge in [-0.25, -0.2) is 0 Å². The summed E-state index contributed by atoms with van der Waals surface area (Å²) in [6, 6.07) is 2.08. The van der Waals surface area contributed by atoms with Gasteiger partial charge in [0.15, 0.2) is 0 Å². The van der Waals surface area contributed by atoms with Crippen LogP contribution in [-0.4, -0.2) is 28.8 Å². The summed E-state index contributed by atoms with van der Waals surface area (Å²) >= 11 is 0. The van der Waals surface area contributed by atoms with Crippen molar-refractivity contribution >= 4 is 5.78 Å². The second-order valence-electron chi connectivity index (χ2n) is 7.30. The van der Waals surface area contributed by atoms with Gasteiger partial charge in [-0.3, -0.25) is 9.69 Å². The van der Waals surface area contributed by atoms with Crippen LogP contribution in [0.25, 0.3) is 0 Å². The summed E-state index contributed by atoms with van der Waals surface area (Å²) < 4.78 is 0. The van der Waals surface area contributed by atoms with E-state index in [1.165, 1.54) is 51.4 Å². The zero-order valence-corrected chi connectivity index (χ0v) is 11.3. The molecule has 2 aliphatic heterocycles. The van der Waals surface area contributed by atoms with Gasteiger partial charge >= 0.3 is 0 Å². The SMILES string of the molecule is O=C1CC2CCC(C1)N2C1C[C@H]2CCC[C@@H](C1)C2. The van der Waals surface area contributed by atoms with E-state index >= 15 is 0 Å². The fourth-order valence-electron chi connectivity index (χ4n) is 5.54. The van der Waals surface area contributed by atoms with Crippen LogP contribution in [0.3, 0.4) is 0 Å². The minimum absolute atomic E-state index is 0.537. The maximum absolute atomic E-state index is 11.7. The third kappa shape index (κ3) is 1.84. The average Bonchev–Trinajstić information content (AvgIpc) is 2.61. The van der Waals surface area contributed by atoms with Crippen molar-refractivity contribution in [3.63, 3.8) is 0 Å². The highest BCUT2D eigenvalue weighted by Crippen LogP contribution is 2.45. The first kappa shape index (κ1) is 11.5. The molecule has 0 aromatic carbocycles. The molecular formula is C16H25NO. The predicted molar refractivity (Wildman–Crippen MR) is 71.4 cm³/mol. The normalized spacial score (nSPS) is 48.4. The monoisotopic (exact) mass is 247 g/mol. The summed E-state index contributed by atoms with van der Waals surface area (Å²) in [4.78, 5) is 14.5. The quantitative estimate of drug-likeness (QED) is 0.709. The zero-order chi connectivity index (χ0) is 12.1. The van der Waals surface area contributed by atoms with Gasteiger partial charge in [0.1, 0.15) is 5.78 Å². The highest BCUT2D eigenvalue weighted by atomic mass is 16.1. The lowest BCUT2D eigenvalue weighted by atomic mass is 9.69. The molecule has 2 saturated carbocycles. The van der Waals surface area contributed by atoms with E-state index in [4.69, 9.17) is 0 Å². The predicted octanol–water partition coefficient (Wildman–Crippen LogP) is 3.15. The molecule has 4 bridgehead atoms. The molecule has 2 heterocycles. The average molecular weight is 247 g/mol. The minimum atomic E-state index is 0.537. The number of Topliss-reactive ketones (excluding diaryl/α,β-unsaturated/α-hetero) is 1. The maximum atomic E-state index is 11.7. The van der Waals surface area contributed by atoms with Crippen molar-refractivity contribution in [3.8, 4) is 0 Å². The van der Waals surface area contributed by atoms with Crippen LogP contribution in [0, 0.1) is 11.8 Å². The van der Waals surface area contributed by atoms with Crippen molar-refractivity contribution in [3.05, 3.63) is 0 Å². The van der Waals surface area contributed by atoms with Crippen molar-refractivity contribution in [1.82, 2.24) is 4.90 Å². The number of nitrogens with zero attached hydrogens (tertiary/aromatic N) is 1. The number of rotatable bonds is 1. The van der Waals surface area contributed by atoms with Gasteiger partial charge in [-0.1, -0.05) is 19.3 Å². The highest BCUT2D eigenvalue weighted by molar-refractivity contribution is 5.81. The lowest BCUT2D eigenvalue weighted by Gasteiger charge is -2.47. The molecule has 0 aromatic heterocycles. The molecule has 4 fully saturated rings. The van der Waals surface area contributed by atoms with Gasteiger partial charge in [0, 0.05) is 31.0 Å². The van der Waals surface area contributed by atoms with Gasteiger partial charge < -0.3 is 0 Å². The maximum Gasteiger partial charge on any atom is 0.136 e. The Hall–Kier alpha value is -0.370. The fraction of sp³-hybridized carbons (Fsp3) is 0.938. The van der Waals surface area contributed by atoms with Crippen molar-refractivity contribution < 1.29 is 4.79 Å². The number of carbonyl (C=O) groups is 1. The second kappa shape index (κ2) is 4.33. The third-order valence-corrected chi connectivity index (χ3v) is 6.13. The molecule has 0 spiro atoms. The molecule has 0 N–H and O–H groups in total. The zero-order valence-electron chi connectivity index (χ0n) is 11.3. The highest BCUT2D eigenvalue weighted by Gasteiger charge is 2.45. The Morgan fingerprint density at radius 3 is 2.00 bits per heavy atom. The molecular weight excluding hydrogens is 222 g/mol. The smallest absolute Gasteiger partial charge is 0.136 e. The molecule has 3 unspecified atom stereocenters. The Morgan fingerprint density at radius 1 is 0.778 bits per heavy atom. The molecule has 0 amide bonds. The molecule has 2 saturated heterocycles. The van der Waals surface area contributed by atoms with E-state index in [0.29, 0.717) is 17.9 Å². The third-order valence-electron chi connectivity index (χ3n) is 6.13. The summed E-state index contributed by atoms with van der Waals surface area (Å²) in [7, 11) is 0. The molecule has 4 rings (SSSR count). The Morgan fingerprint density at radius 2 is 1.39 bits per heavy atom. The lowest BCUT2D eigenvalue weighted by molar-refractivity contribution is -0.125. The van der Waals surface area contributed by atoms with Crippen LogP contribution in [-0.2, 0) is 4.79 Å². The van der Waals surface area contributed by atoms with Crippen LogP contribution < -0.4 is 0 Å². The summed E-state index contributed by atoms with van der Waals surface area (Å²) in [6.45, 7) is 0. The van der Waals surface area contributed by atoms with Crippen LogP contribution >= 0.6 is 0 Å². The van der Waals surface area contributed by atoms with E-state index in [9.17, 15) is 4.79 Å². The summed E-state index contributed by atoms with van der Waals surface area (Å²) in [5, 5.41) is 0. The van der Waals surface area contributed by atoms with E-state index in [2.05, 4.69) is 4.90 Å². The van der Waals surface area contributed by atoms with Crippen molar-refractivity contribution in [2.45, 2.75) is 82.3 Å². The first-order chi connectivity index (χ1) is 8.79. The standard InChI is InChI=1S/C16H25NO/c18-16-9-13-4-5-14(10-16)17(13)15-7-11-2-1-3-12(6-11)8-15/h11-15H,1-10H2/t11-,12+,13?,14?,15?. The van der Waals surface area contributed by atoms with E-state index in [1.54, 1.807) is 0 Å². The van der Waals surface area contributed by atoms with Gasteiger partial charge in [0.05, 0.1) is 0 Å². The molecule has 4 aliphatic rings. The molecule has 2 aliphatic carbocycles. The van der Waals surface area contributed by atoms with Gasteiger partial charge in [-0.05, 0) is 43.9 Å².